The minimum atomic E-state index is -0.0710. The summed E-state index contributed by atoms with van der Waals surface area (Å²) in [5.41, 5.74) is 2.53. The third-order valence-corrected chi connectivity index (χ3v) is 4.11. The van der Waals surface area contributed by atoms with Crippen LogP contribution in [0.1, 0.15) is 11.3 Å². The normalized spacial score (nSPS) is 10.8. The van der Waals surface area contributed by atoms with Gasteiger partial charge in [0.1, 0.15) is 5.69 Å². The minimum absolute atomic E-state index is 0.0710. The van der Waals surface area contributed by atoms with Gasteiger partial charge in [0.05, 0.1) is 38.1 Å². The first kappa shape index (κ1) is 18.2. The van der Waals surface area contributed by atoms with Gasteiger partial charge in [-0.25, -0.2) is 0 Å². The lowest BCUT2D eigenvalue weighted by molar-refractivity contribution is -0.120. The second-order valence-corrected chi connectivity index (χ2v) is 6.23. The van der Waals surface area contributed by atoms with Crippen molar-refractivity contribution in [2.24, 2.45) is 0 Å². The van der Waals surface area contributed by atoms with Crippen molar-refractivity contribution in [1.29, 1.82) is 0 Å². The Kier molecular flexibility index (Phi) is 6.09. The van der Waals surface area contributed by atoms with Crippen molar-refractivity contribution in [2.75, 3.05) is 13.7 Å². The molecule has 1 aromatic carbocycles. The van der Waals surface area contributed by atoms with Crippen LogP contribution < -0.4 is 5.32 Å². The van der Waals surface area contributed by atoms with Crippen LogP contribution in [0.5, 0.6) is 0 Å². The number of hydrogen-bond donors (Lipinski definition) is 1. The van der Waals surface area contributed by atoms with Gasteiger partial charge in [0.2, 0.25) is 5.91 Å². The summed E-state index contributed by atoms with van der Waals surface area (Å²) in [5, 5.41) is 8.09. The minimum Gasteiger partial charge on any atom is -0.463 e. The zero-order chi connectivity index (χ0) is 18.4. The third-order valence-electron chi connectivity index (χ3n) is 3.86. The van der Waals surface area contributed by atoms with Crippen molar-refractivity contribution in [1.82, 2.24) is 15.1 Å². The van der Waals surface area contributed by atoms with E-state index in [0.29, 0.717) is 31.1 Å². The molecule has 7 heteroatoms. The molecule has 2 aromatic heterocycles. The molecule has 6 nitrogen and oxygen atoms in total. The van der Waals surface area contributed by atoms with Gasteiger partial charge >= 0.3 is 0 Å². The highest BCUT2D eigenvalue weighted by Crippen LogP contribution is 2.21. The van der Waals surface area contributed by atoms with Crippen LogP contribution in [-0.4, -0.2) is 29.4 Å². The summed E-state index contributed by atoms with van der Waals surface area (Å²) in [6, 6.07) is 12.9. The number of halogens is 1. The number of carbonyl (C=O) groups is 1. The quantitative estimate of drug-likeness (QED) is 0.657. The molecule has 1 amide bonds. The number of benzene rings is 1. The molecule has 136 valence electrons. The Hall–Kier alpha value is -2.57. The van der Waals surface area contributed by atoms with Crippen LogP contribution in [0.4, 0.5) is 0 Å². The molecule has 0 saturated carbocycles. The summed E-state index contributed by atoms with van der Waals surface area (Å²) in [6.45, 7) is 1.49. The maximum atomic E-state index is 12.1. The van der Waals surface area contributed by atoms with Gasteiger partial charge in [0.15, 0.2) is 5.76 Å². The number of nitrogens with zero attached hydrogens (tertiary/aromatic N) is 2. The molecule has 0 aliphatic carbocycles. The van der Waals surface area contributed by atoms with Gasteiger partial charge in [-0.15, -0.1) is 0 Å². The van der Waals surface area contributed by atoms with Crippen LogP contribution in [0.25, 0.3) is 11.5 Å². The molecular formula is C19H20ClN3O3. The van der Waals surface area contributed by atoms with Gasteiger partial charge in [-0.3, -0.25) is 9.48 Å². The number of aromatic nitrogens is 2. The molecule has 0 saturated heterocycles. The maximum Gasteiger partial charge on any atom is 0.224 e. The molecule has 0 atom stereocenters. The molecule has 3 rings (SSSR count). The second kappa shape index (κ2) is 8.69. The van der Waals surface area contributed by atoms with Crippen LogP contribution in [0.15, 0.2) is 53.1 Å². The lowest BCUT2D eigenvalue weighted by Crippen LogP contribution is -2.24. The van der Waals surface area contributed by atoms with Gasteiger partial charge in [0, 0.05) is 12.1 Å². The van der Waals surface area contributed by atoms with Crippen LogP contribution in [0.2, 0.25) is 5.02 Å². The summed E-state index contributed by atoms with van der Waals surface area (Å²) >= 11 is 5.86. The predicted molar refractivity (Wildman–Crippen MR) is 98.8 cm³/mol. The molecule has 2 heterocycles. The van der Waals surface area contributed by atoms with Gasteiger partial charge in [-0.1, -0.05) is 23.7 Å². The first-order valence-electron chi connectivity index (χ1n) is 8.26. The number of amides is 1. The number of rotatable bonds is 8. The van der Waals surface area contributed by atoms with E-state index in [-0.39, 0.29) is 5.91 Å². The smallest absolute Gasteiger partial charge is 0.224 e. The third kappa shape index (κ3) is 4.74. The van der Waals surface area contributed by atoms with E-state index >= 15 is 0 Å². The monoisotopic (exact) mass is 373 g/mol. The Morgan fingerprint density at radius 3 is 2.81 bits per heavy atom. The Morgan fingerprint density at radius 2 is 2.12 bits per heavy atom. The first-order chi connectivity index (χ1) is 12.7. The average molecular weight is 374 g/mol. The average Bonchev–Trinajstić information content (AvgIpc) is 3.29. The number of methoxy groups -OCH3 is 1. The lowest BCUT2D eigenvalue weighted by Gasteiger charge is -2.05. The highest BCUT2D eigenvalue weighted by molar-refractivity contribution is 6.30. The van der Waals surface area contributed by atoms with Crippen LogP contribution in [0.3, 0.4) is 0 Å². The molecule has 1 N–H and O–H groups in total. The number of ether oxygens (including phenoxy) is 1. The summed E-state index contributed by atoms with van der Waals surface area (Å²) in [7, 11) is 1.65. The van der Waals surface area contributed by atoms with Crippen molar-refractivity contribution in [3.8, 4) is 11.5 Å². The summed E-state index contributed by atoms with van der Waals surface area (Å²) in [4.78, 5) is 12.1. The summed E-state index contributed by atoms with van der Waals surface area (Å²) < 4.78 is 12.4. The van der Waals surface area contributed by atoms with Crippen molar-refractivity contribution >= 4 is 17.5 Å². The molecule has 3 aromatic rings. The van der Waals surface area contributed by atoms with E-state index in [4.69, 9.17) is 20.8 Å². The fraction of sp³-hybridized carbons (Fsp3) is 0.263. The Labute approximate surface area is 156 Å². The highest BCUT2D eigenvalue weighted by Gasteiger charge is 2.13. The number of nitrogens with one attached hydrogen (secondary N) is 1. The molecule has 0 radical (unpaired) electrons. The van der Waals surface area contributed by atoms with Crippen molar-refractivity contribution < 1.29 is 13.9 Å². The predicted octanol–water partition coefficient (Wildman–Crippen LogP) is 3.30. The van der Waals surface area contributed by atoms with Crippen LogP contribution >= 0.6 is 11.6 Å². The Morgan fingerprint density at radius 1 is 1.31 bits per heavy atom. The zero-order valence-electron chi connectivity index (χ0n) is 14.4. The SMILES string of the molecule is COCCn1nc(CNC(=O)Cc2ccc(Cl)cc2)cc1-c1ccco1. The Bertz CT molecular complexity index is 842. The van der Waals surface area contributed by atoms with Crippen molar-refractivity contribution in [3.63, 3.8) is 0 Å². The van der Waals surface area contributed by atoms with E-state index in [9.17, 15) is 4.79 Å². The molecule has 0 aliphatic heterocycles. The van der Waals surface area contributed by atoms with Crippen molar-refractivity contribution in [2.45, 2.75) is 19.5 Å². The van der Waals surface area contributed by atoms with Crippen LogP contribution in [-0.2, 0) is 29.0 Å². The highest BCUT2D eigenvalue weighted by atomic mass is 35.5. The molecule has 0 bridgehead atoms. The van der Waals surface area contributed by atoms with E-state index in [1.165, 1.54) is 0 Å². The standard InChI is InChI=1S/C19H20ClN3O3/c1-25-10-8-23-17(18-3-2-9-26-18)12-16(22-23)13-21-19(24)11-14-4-6-15(20)7-5-14/h2-7,9,12H,8,10-11,13H2,1H3,(H,21,24). The van der Waals surface area contributed by atoms with E-state index in [1.807, 2.05) is 35.0 Å². The lowest BCUT2D eigenvalue weighted by atomic mass is 10.1. The fourth-order valence-electron chi connectivity index (χ4n) is 2.57. The maximum absolute atomic E-state index is 12.1. The van der Waals surface area contributed by atoms with Crippen LogP contribution in [0, 0.1) is 0 Å². The second-order valence-electron chi connectivity index (χ2n) is 5.79. The molecule has 0 spiro atoms. The largest absolute Gasteiger partial charge is 0.463 e. The molecule has 26 heavy (non-hydrogen) atoms. The number of hydrogen-bond acceptors (Lipinski definition) is 4. The molecular weight excluding hydrogens is 354 g/mol. The zero-order valence-corrected chi connectivity index (χ0v) is 15.2. The molecule has 0 aliphatic rings. The van der Waals surface area contributed by atoms with Crippen molar-refractivity contribution in [3.05, 3.63) is 65.0 Å². The van der Waals surface area contributed by atoms with E-state index in [0.717, 1.165) is 22.7 Å². The topological polar surface area (TPSA) is 69.3 Å². The summed E-state index contributed by atoms with van der Waals surface area (Å²) in [6.07, 6.45) is 1.92. The fourth-order valence-corrected chi connectivity index (χ4v) is 2.69. The van der Waals surface area contributed by atoms with E-state index in [1.54, 1.807) is 25.5 Å². The number of carbonyl (C=O) groups excluding carboxylic acids is 1. The molecule has 0 unspecified atom stereocenters. The number of furan rings is 1. The molecule has 0 fully saturated rings. The van der Waals surface area contributed by atoms with Gasteiger partial charge in [0.25, 0.3) is 0 Å². The van der Waals surface area contributed by atoms with Gasteiger partial charge in [-0.2, -0.15) is 5.10 Å². The Balaban J connectivity index is 1.63. The van der Waals surface area contributed by atoms with E-state index in [2.05, 4.69) is 10.4 Å². The first-order valence-corrected chi connectivity index (χ1v) is 8.64. The van der Waals surface area contributed by atoms with Gasteiger partial charge in [-0.05, 0) is 35.9 Å². The van der Waals surface area contributed by atoms with E-state index < -0.39 is 0 Å². The van der Waals surface area contributed by atoms with Gasteiger partial charge < -0.3 is 14.5 Å². The summed E-state index contributed by atoms with van der Waals surface area (Å²) in [5.74, 6) is 0.658.